The molecule has 0 aromatic rings. The summed E-state index contributed by atoms with van der Waals surface area (Å²) in [6.45, 7) is 8.66. The number of carbonyl (C=O) groups is 2. The number of allylic oxidation sites excluding steroid dienone is 3. The van der Waals surface area contributed by atoms with Crippen LogP contribution in [0, 0.1) is 10.8 Å². The summed E-state index contributed by atoms with van der Waals surface area (Å²) < 4.78 is 36.6. The van der Waals surface area contributed by atoms with Crippen LogP contribution in [0.1, 0.15) is 53.4 Å². The fourth-order valence-corrected chi connectivity index (χ4v) is 7.37. The molecule has 0 aromatic heterocycles. The number of epoxide rings is 2. The van der Waals surface area contributed by atoms with Crippen molar-refractivity contribution in [1.29, 1.82) is 0 Å². The monoisotopic (exact) mass is 530 g/mol. The number of hydrogen-bond donors (Lipinski definition) is 1. The number of esters is 2. The molecule has 38 heavy (non-hydrogen) atoms. The second kappa shape index (κ2) is 8.99. The summed E-state index contributed by atoms with van der Waals surface area (Å²) in [5, 5.41) is 10.1. The average molecular weight is 531 g/mol. The van der Waals surface area contributed by atoms with E-state index in [1.165, 1.54) is 11.6 Å². The van der Waals surface area contributed by atoms with Crippen molar-refractivity contribution < 1.29 is 43.1 Å². The van der Waals surface area contributed by atoms with E-state index < -0.39 is 58.4 Å². The Hall–Kier alpha value is -2.04. The first-order valence-corrected chi connectivity index (χ1v) is 13.7. The van der Waals surface area contributed by atoms with Gasteiger partial charge in [0.05, 0.1) is 36.9 Å². The standard InChI is InChI=1S/C29H38O9/c1-17-9-10-28-15-34-25(32)24-26(3,38-24)11-12-33-19(18(2)30)7-5-6-8-23(31)37-20-14-22(36-21(28)13-17)29(16-35-29)27(20,28)4/h5-8,13,18-22,24,30H,9-12,14-16H2,1-4H3/b7-5+,8-6-/t18-,19+,20+,21+,22+,24+,26+,27+,28+,29+/m0/s1. The number of carbonyl (C=O) groups excluding carboxylic acids is 2. The molecule has 9 nitrogen and oxygen atoms in total. The lowest BCUT2D eigenvalue weighted by Gasteiger charge is -2.58. The van der Waals surface area contributed by atoms with Gasteiger partial charge >= 0.3 is 11.9 Å². The minimum Gasteiger partial charge on any atom is -0.463 e. The highest BCUT2D eigenvalue weighted by molar-refractivity contribution is 5.82. The molecule has 1 N–H and O–H groups in total. The van der Waals surface area contributed by atoms with Crippen LogP contribution in [-0.4, -0.2) is 84.7 Å². The maximum absolute atomic E-state index is 13.2. The van der Waals surface area contributed by atoms with Gasteiger partial charge < -0.3 is 33.5 Å². The molecule has 2 aliphatic carbocycles. The molecule has 1 saturated carbocycles. The van der Waals surface area contributed by atoms with E-state index in [1.54, 1.807) is 25.2 Å². The molecule has 3 saturated heterocycles. The van der Waals surface area contributed by atoms with Gasteiger partial charge in [0.15, 0.2) is 6.10 Å². The van der Waals surface area contributed by atoms with Gasteiger partial charge in [-0.15, -0.1) is 0 Å². The van der Waals surface area contributed by atoms with E-state index >= 15 is 0 Å². The van der Waals surface area contributed by atoms with E-state index in [4.69, 9.17) is 28.4 Å². The Kier molecular flexibility index (Phi) is 6.20. The lowest BCUT2D eigenvalue weighted by atomic mass is 9.51. The van der Waals surface area contributed by atoms with Gasteiger partial charge in [0.1, 0.15) is 30.0 Å². The molecule has 4 aliphatic heterocycles. The van der Waals surface area contributed by atoms with Gasteiger partial charge in [0, 0.05) is 24.3 Å². The summed E-state index contributed by atoms with van der Waals surface area (Å²) in [5.41, 5.74) is -1.25. The van der Waals surface area contributed by atoms with Gasteiger partial charge in [-0.25, -0.2) is 9.59 Å². The quantitative estimate of drug-likeness (QED) is 0.310. The van der Waals surface area contributed by atoms with Crippen LogP contribution in [0.5, 0.6) is 0 Å². The van der Waals surface area contributed by atoms with Crippen molar-refractivity contribution in [1.82, 2.24) is 0 Å². The second-order valence-corrected chi connectivity index (χ2v) is 12.2. The summed E-state index contributed by atoms with van der Waals surface area (Å²) in [4.78, 5) is 26.2. The van der Waals surface area contributed by atoms with Gasteiger partial charge in [-0.2, -0.15) is 0 Å². The lowest BCUT2D eigenvalue weighted by Crippen LogP contribution is -2.66. The molecule has 10 atom stereocenters. The Morgan fingerprint density at radius 1 is 1.11 bits per heavy atom. The Morgan fingerprint density at radius 2 is 1.89 bits per heavy atom. The molecule has 2 bridgehead atoms. The first kappa shape index (κ1) is 26.2. The zero-order chi connectivity index (χ0) is 26.9. The van der Waals surface area contributed by atoms with E-state index in [0.29, 0.717) is 19.4 Å². The third-order valence-electron chi connectivity index (χ3n) is 10.1. The zero-order valence-corrected chi connectivity index (χ0v) is 22.5. The first-order valence-electron chi connectivity index (χ1n) is 13.7. The third-order valence-corrected chi connectivity index (χ3v) is 10.1. The normalized spacial score (nSPS) is 50.8. The molecule has 6 aliphatic rings. The molecule has 0 unspecified atom stereocenters. The summed E-state index contributed by atoms with van der Waals surface area (Å²) in [6, 6.07) is 0. The predicted molar refractivity (Wildman–Crippen MR) is 134 cm³/mol. The lowest BCUT2D eigenvalue weighted by molar-refractivity contribution is -0.233. The summed E-state index contributed by atoms with van der Waals surface area (Å²) in [7, 11) is 0. The first-order chi connectivity index (χ1) is 18.0. The van der Waals surface area contributed by atoms with Crippen LogP contribution in [0.4, 0.5) is 0 Å². The third kappa shape index (κ3) is 3.84. The molecule has 208 valence electrons. The van der Waals surface area contributed by atoms with Crippen molar-refractivity contribution in [3.05, 3.63) is 36.0 Å². The van der Waals surface area contributed by atoms with Gasteiger partial charge in [-0.05, 0) is 33.6 Å². The number of aliphatic hydroxyl groups excluding tert-OH is 1. The van der Waals surface area contributed by atoms with E-state index in [9.17, 15) is 14.7 Å². The number of fused-ring (bicyclic) bond motifs is 1. The van der Waals surface area contributed by atoms with E-state index in [-0.39, 0.29) is 25.4 Å². The highest BCUT2D eigenvalue weighted by Gasteiger charge is 2.83. The number of rotatable bonds is 1. The molecule has 4 heterocycles. The van der Waals surface area contributed by atoms with Crippen LogP contribution < -0.4 is 0 Å². The topological polar surface area (TPSA) is 116 Å². The van der Waals surface area contributed by atoms with Crippen molar-refractivity contribution in [2.45, 2.75) is 101 Å². The zero-order valence-electron chi connectivity index (χ0n) is 22.5. The Bertz CT molecular complexity index is 1090. The Balaban J connectivity index is 1.35. The molecule has 6 rings (SSSR count). The van der Waals surface area contributed by atoms with Crippen molar-refractivity contribution in [3.8, 4) is 0 Å². The van der Waals surface area contributed by atoms with E-state index in [1.807, 2.05) is 6.92 Å². The summed E-state index contributed by atoms with van der Waals surface area (Å²) in [6.07, 6.45) is 8.08. The van der Waals surface area contributed by atoms with Gasteiger partial charge in [-0.3, -0.25) is 0 Å². The molecular weight excluding hydrogens is 492 g/mol. The second-order valence-electron chi connectivity index (χ2n) is 12.2. The summed E-state index contributed by atoms with van der Waals surface area (Å²) >= 11 is 0. The van der Waals surface area contributed by atoms with Crippen molar-refractivity contribution in [3.63, 3.8) is 0 Å². The highest BCUT2D eigenvalue weighted by atomic mass is 16.7. The maximum atomic E-state index is 13.2. The largest absolute Gasteiger partial charge is 0.463 e. The average Bonchev–Trinajstić information content (AvgIpc) is 3.77. The van der Waals surface area contributed by atoms with Crippen LogP contribution in [0.25, 0.3) is 0 Å². The van der Waals surface area contributed by atoms with Crippen molar-refractivity contribution in [2.24, 2.45) is 10.8 Å². The van der Waals surface area contributed by atoms with Crippen LogP contribution >= 0.6 is 0 Å². The highest BCUT2D eigenvalue weighted by Crippen LogP contribution is 2.72. The van der Waals surface area contributed by atoms with Gasteiger partial charge in [-0.1, -0.05) is 36.8 Å². The molecule has 0 amide bonds. The minimum atomic E-state index is -0.754. The molecule has 0 aromatic carbocycles. The Morgan fingerprint density at radius 3 is 2.63 bits per heavy atom. The Labute approximate surface area is 223 Å². The van der Waals surface area contributed by atoms with Crippen LogP contribution in [0.2, 0.25) is 0 Å². The molecule has 2 spiro atoms. The van der Waals surface area contributed by atoms with Gasteiger partial charge in [0.25, 0.3) is 0 Å². The minimum absolute atomic E-state index is 0.123. The number of hydrogen-bond acceptors (Lipinski definition) is 9. The SMILES string of the molecule is CC1=C[C@H]2O[C@@H]3C[C@H]4OC(=O)/C=C\C=C\[C@H]([C@H](C)O)OCC[C@@]5(C)O[C@@H]5C(=O)OC[C@@]2(CC1)[C@]4(C)[C@@]31CO1. The van der Waals surface area contributed by atoms with Gasteiger partial charge in [0.2, 0.25) is 0 Å². The summed E-state index contributed by atoms with van der Waals surface area (Å²) in [5.74, 6) is -0.876. The molecular formula is C29H38O9. The number of cyclic esters (lactones) is 1. The van der Waals surface area contributed by atoms with Crippen LogP contribution in [0.3, 0.4) is 0 Å². The maximum Gasteiger partial charge on any atom is 0.338 e. The smallest absolute Gasteiger partial charge is 0.338 e. The fourth-order valence-electron chi connectivity index (χ4n) is 7.37. The van der Waals surface area contributed by atoms with Crippen molar-refractivity contribution in [2.75, 3.05) is 19.8 Å². The van der Waals surface area contributed by atoms with E-state index in [0.717, 1.165) is 12.8 Å². The fraction of sp³-hybridized carbons (Fsp3) is 0.724. The van der Waals surface area contributed by atoms with Crippen molar-refractivity contribution >= 4 is 11.9 Å². The molecule has 0 radical (unpaired) electrons. The predicted octanol–water partition coefficient (Wildman–Crippen LogP) is 2.55. The molecule has 9 heteroatoms. The van der Waals surface area contributed by atoms with Crippen LogP contribution in [-0.2, 0) is 38.0 Å². The van der Waals surface area contributed by atoms with Crippen LogP contribution in [0.15, 0.2) is 36.0 Å². The number of aliphatic hydroxyl groups is 1. The number of ether oxygens (including phenoxy) is 6. The molecule has 4 fully saturated rings. The van der Waals surface area contributed by atoms with E-state index in [2.05, 4.69) is 19.9 Å².